The summed E-state index contributed by atoms with van der Waals surface area (Å²) in [7, 11) is 2.00. The van der Waals surface area contributed by atoms with Gasteiger partial charge in [-0.1, -0.05) is 35.0 Å². The number of halogens is 1. The minimum absolute atomic E-state index is 0.381. The fraction of sp³-hybridized carbons (Fsp3) is 0.500. The molecule has 0 saturated carbocycles. The van der Waals surface area contributed by atoms with E-state index in [0.717, 1.165) is 17.4 Å². The molecule has 0 radical (unpaired) electrons. The van der Waals surface area contributed by atoms with Crippen LogP contribution in [-0.4, -0.2) is 13.6 Å². The second-order valence-electron chi connectivity index (χ2n) is 3.88. The minimum Gasteiger partial charge on any atom is -0.330 e. The van der Waals surface area contributed by atoms with E-state index in [1.807, 2.05) is 13.1 Å². The highest BCUT2D eigenvalue weighted by atomic mass is 79.9. The molecule has 84 valence electrons. The van der Waals surface area contributed by atoms with Crippen molar-refractivity contribution in [3.05, 3.63) is 34.3 Å². The average Bonchev–Trinajstić information content (AvgIpc) is 2.19. The molecular formula is C12H19BrN2. The van der Waals surface area contributed by atoms with Gasteiger partial charge in [0, 0.05) is 10.5 Å². The predicted molar refractivity (Wildman–Crippen MR) is 68.8 cm³/mol. The van der Waals surface area contributed by atoms with E-state index in [2.05, 4.69) is 46.4 Å². The van der Waals surface area contributed by atoms with E-state index in [1.165, 1.54) is 5.56 Å². The first-order chi connectivity index (χ1) is 7.19. The molecule has 15 heavy (non-hydrogen) atoms. The third kappa shape index (κ3) is 3.59. The van der Waals surface area contributed by atoms with Crippen molar-refractivity contribution in [3.8, 4) is 0 Å². The fourth-order valence-corrected chi connectivity index (χ4v) is 2.33. The lowest BCUT2D eigenvalue weighted by Crippen LogP contribution is -2.25. The second kappa shape index (κ2) is 6.26. The molecule has 2 atom stereocenters. The molecule has 0 fully saturated rings. The van der Waals surface area contributed by atoms with Crippen molar-refractivity contribution in [1.82, 2.24) is 5.32 Å². The number of benzene rings is 1. The summed E-state index contributed by atoms with van der Waals surface area (Å²) in [6.45, 7) is 2.97. The highest BCUT2D eigenvalue weighted by Crippen LogP contribution is 2.25. The molecule has 1 rings (SSSR count). The summed E-state index contributed by atoms with van der Waals surface area (Å²) in [5.41, 5.74) is 6.91. The quantitative estimate of drug-likeness (QED) is 0.864. The van der Waals surface area contributed by atoms with E-state index in [1.54, 1.807) is 0 Å². The van der Waals surface area contributed by atoms with Crippen LogP contribution in [0.25, 0.3) is 0 Å². The van der Waals surface area contributed by atoms with E-state index in [4.69, 9.17) is 5.73 Å². The molecule has 2 nitrogen and oxygen atoms in total. The van der Waals surface area contributed by atoms with Gasteiger partial charge in [0.15, 0.2) is 0 Å². The molecule has 0 aliphatic heterocycles. The molecule has 0 saturated heterocycles. The van der Waals surface area contributed by atoms with Gasteiger partial charge < -0.3 is 11.1 Å². The SMILES string of the molecule is CNC(c1cccc(Br)c1)C(C)CCN. The highest BCUT2D eigenvalue weighted by molar-refractivity contribution is 9.10. The van der Waals surface area contributed by atoms with Crippen LogP contribution in [0.2, 0.25) is 0 Å². The topological polar surface area (TPSA) is 38.0 Å². The first-order valence-corrected chi connectivity index (χ1v) is 6.11. The molecule has 2 unspecified atom stereocenters. The predicted octanol–water partition coefficient (Wildman–Crippen LogP) is 2.69. The van der Waals surface area contributed by atoms with Crippen LogP contribution in [0.1, 0.15) is 24.9 Å². The smallest absolute Gasteiger partial charge is 0.0344 e. The lowest BCUT2D eigenvalue weighted by Gasteiger charge is -2.23. The van der Waals surface area contributed by atoms with Gasteiger partial charge in [-0.05, 0) is 43.6 Å². The third-order valence-corrected chi connectivity index (χ3v) is 3.20. The lowest BCUT2D eigenvalue weighted by atomic mass is 9.92. The Morgan fingerprint density at radius 2 is 2.20 bits per heavy atom. The molecule has 0 aliphatic rings. The van der Waals surface area contributed by atoms with Gasteiger partial charge in [-0.15, -0.1) is 0 Å². The van der Waals surface area contributed by atoms with Gasteiger partial charge in [-0.25, -0.2) is 0 Å². The van der Waals surface area contributed by atoms with Crippen molar-refractivity contribution in [3.63, 3.8) is 0 Å². The molecule has 0 amide bonds. The Labute approximate surface area is 100 Å². The Morgan fingerprint density at radius 3 is 2.73 bits per heavy atom. The summed E-state index contributed by atoms with van der Waals surface area (Å²) in [6, 6.07) is 8.81. The molecular weight excluding hydrogens is 252 g/mol. The van der Waals surface area contributed by atoms with Crippen molar-refractivity contribution in [1.29, 1.82) is 0 Å². The van der Waals surface area contributed by atoms with Crippen molar-refractivity contribution in [2.75, 3.05) is 13.6 Å². The van der Waals surface area contributed by atoms with E-state index < -0.39 is 0 Å². The van der Waals surface area contributed by atoms with E-state index >= 15 is 0 Å². The van der Waals surface area contributed by atoms with E-state index in [9.17, 15) is 0 Å². The summed E-state index contributed by atoms with van der Waals surface area (Å²) in [6.07, 6.45) is 1.04. The van der Waals surface area contributed by atoms with Crippen LogP contribution in [0.5, 0.6) is 0 Å². The summed E-state index contributed by atoms with van der Waals surface area (Å²) < 4.78 is 1.13. The van der Waals surface area contributed by atoms with Crippen LogP contribution < -0.4 is 11.1 Å². The average molecular weight is 271 g/mol. The number of hydrogen-bond acceptors (Lipinski definition) is 2. The van der Waals surface area contributed by atoms with Gasteiger partial charge in [0.25, 0.3) is 0 Å². The van der Waals surface area contributed by atoms with Crippen LogP contribution in [-0.2, 0) is 0 Å². The molecule has 1 aromatic carbocycles. The molecule has 3 N–H and O–H groups in total. The number of rotatable bonds is 5. The summed E-state index contributed by atoms with van der Waals surface area (Å²) in [5, 5.41) is 3.35. The van der Waals surface area contributed by atoms with Gasteiger partial charge in [-0.2, -0.15) is 0 Å². The maximum Gasteiger partial charge on any atom is 0.0344 e. The highest BCUT2D eigenvalue weighted by Gasteiger charge is 2.16. The zero-order valence-corrected chi connectivity index (χ0v) is 10.9. The first kappa shape index (κ1) is 12.7. The van der Waals surface area contributed by atoms with Crippen LogP contribution in [0, 0.1) is 5.92 Å². The third-order valence-electron chi connectivity index (χ3n) is 2.71. The maximum atomic E-state index is 5.59. The Bertz CT molecular complexity index is 301. The largest absolute Gasteiger partial charge is 0.330 e. The Balaban J connectivity index is 2.82. The molecule has 0 aromatic heterocycles. The van der Waals surface area contributed by atoms with Crippen LogP contribution in [0.15, 0.2) is 28.7 Å². The van der Waals surface area contributed by atoms with Crippen molar-refractivity contribution in [2.24, 2.45) is 11.7 Å². The maximum absolute atomic E-state index is 5.59. The van der Waals surface area contributed by atoms with Gasteiger partial charge in [0.2, 0.25) is 0 Å². The summed E-state index contributed by atoms with van der Waals surface area (Å²) >= 11 is 3.50. The number of nitrogens with two attached hydrogens (primary N) is 1. The fourth-order valence-electron chi connectivity index (χ4n) is 1.91. The normalized spacial score (nSPS) is 14.9. The molecule has 1 aromatic rings. The Morgan fingerprint density at radius 1 is 1.47 bits per heavy atom. The Hall–Kier alpha value is -0.380. The van der Waals surface area contributed by atoms with Crippen LogP contribution in [0.4, 0.5) is 0 Å². The summed E-state index contributed by atoms with van der Waals surface area (Å²) in [5.74, 6) is 0.550. The van der Waals surface area contributed by atoms with Crippen molar-refractivity contribution < 1.29 is 0 Å². The molecule has 0 bridgehead atoms. The van der Waals surface area contributed by atoms with E-state index in [-0.39, 0.29) is 0 Å². The van der Waals surface area contributed by atoms with E-state index in [0.29, 0.717) is 12.0 Å². The van der Waals surface area contributed by atoms with Crippen LogP contribution >= 0.6 is 15.9 Å². The van der Waals surface area contributed by atoms with Crippen molar-refractivity contribution >= 4 is 15.9 Å². The van der Waals surface area contributed by atoms with Gasteiger partial charge in [-0.3, -0.25) is 0 Å². The standard InChI is InChI=1S/C12H19BrN2/c1-9(6-7-14)12(15-2)10-4-3-5-11(13)8-10/h3-5,8-9,12,15H,6-7,14H2,1-2H3. The first-order valence-electron chi connectivity index (χ1n) is 5.31. The Kier molecular flexibility index (Phi) is 5.29. The zero-order chi connectivity index (χ0) is 11.3. The minimum atomic E-state index is 0.381. The zero-order valence-electron chi connectivity index (χ0n) is 9.33. The number of hydrogen-bond donors (Lipinski definition) is 2. The van der Waals surface area contributed by atoms with Gasteiger partial charge in [0.1, 0.15) is 0 Å². The van der Waals surface area contributed by atoms with Crippen LogP contribution in [0.3, 0.4) is 0 Å². The van der Waals surface area contributed by atoms with Crippen molar-refractivity contribution in [2.45, 2.75) is 19.4 Å². The molecule has 3 heteroatoms. The molecule has 0 spiro atoms. The molecule has 0 aliphatic carbocycles. The summed E-state index contributed by atoms with van der Waals surface area (Å²) in [4.78, 5) is 0. The number of nitrogens with one attached hydrogen (secondary N) is 1. The monoisotopic (exact) mass is 270 g/mol. The lowest BCUT2D eigenvalue weighted by molar-refractivity contribution is 0.391. The molecule has 0 heterocycles. The van der Waals surface area contributed by atoms with Gasteiger partial charge in [0.05, 0.1) is 0 Å². The van der Waals surface area contributed by atoms with Gasteiger partial charge >= 0.3 is 0 Å². The second-order valence-corrected chi connectivity index (χ2v) is 4.79.